The molecule has 4 aromatic carbocycles. The lowest BCUT2D eigenvalue weighted by Gasteiger charge is -2.47. The third kappa shape index (κ3) is 3.18. The van der Waals surface area contributed by atoms with Gasteiger partial charge in [0.25, 0.3) is 0 Å². The number of fused-ring (bicyclic) bond motifs is 6. The van der Waals surface area contributed by atoms with Crippen LogP contribution in [0, 0.1) is 0 Å². The van der Waals surface area contributed by atoms with E-state index in [0.29, 0.717) is 9.81 Å². The Morgan fingerprint density at radius 3 is 1.28 bits per heavy atom. The maximum absolute atomic E-state index is 15.8. The van der Waals surface area contributed by atoms with Crippen LogP contribution in [0.25, 0.3) is 31.4 Å². The molecule has 0 saturated heterocycles. The summed E-state index contributed by atoms with van der Waals surface area (Å²) < 4.78 is 90.9. The van der Waals surface area contributed by atoms with Crippen LogP contribution in [0.5, 0.6) is 0 Å². The van der Waals surface area contributed by atoms with E-state index < -0.39 is 38.4 Å². The second kappa shape index (κ2) is 8.42. The average Bonchev–Trinajstić information content (AvgIpc) is 3.56. The van der Waals surface area contributed by atoms with Crippen LogP contribution in [-0.4, -0.2) is 27.3 Å². The van der Waals surface area contributed by atoms with Crippen molar-refractivity contribution in [2.75, 3.05) is 0 Å². The average molecular weight is 621 g/mol. The molecule has 1 saturated carbocycles. The molecule has 216 valence electrons. The molecular formula is C35H22F6S2. The van der Waals surface area contributed by atoms with Crippen molar-refractivity contribution in [3.8, 4) is 0 Å². The van der Waals surface area contributed by atoms with Crippen LogP contribution in [0.2, 0.25) is 0 Å². The standard InChI is InChI=1S/C35H22F6S2/c1-31-25(17-27(42-31)23-15-7-11-19-9-3-5-13-21(19)23)29-30(34(38,39)35(40,41)33(29,36)37)26-18-28(43-32(26,31)2)24-16-8-12-20-10-4-6-14-22(20)24/h3-18H,1-2H3/t31-,32-/m1/s1. The summed E-state index contributed by atoms with van der Waals surface area (Å²) in [6.07, 6.45) is 2.90. The van der Waals surface area contributed by atoms with E-state index in [4.69, 9.17) is 0 Å². The van der Waals surface area contributed by atoms with Gasteiger partial charge in [-0.15, -0.1) is 23.5 Å². The first-order valence-electron chi connectivity index (χ1n) is 13.7. The number of hydrogen-bond acceptors (Lipinski definition) is 2. The largest absolute Gasteiger partial charge is 0.380 e. The number of hydrogen-bond donors (Lipinski definition) is 0. The van der Waals surface area contributed by atoms with Crippen LogP contribution in [-0.2, 0) is 0 Å². The fourth-order valence-corrected chi connectivity index (χ4v) is 10.3. The summed E-state index contributed by atoms with van der Waals surface area (Å²) in [5, 5.41) is 3.56. The summed E-state index contributed by atoms with van der Waals surface area (Å²) >= 11 is 2.57. The molecule has 0 radical (unpaired) electrons. The van der Waals surface area contributed by atoms with Crippen LogP contribution in [0.15, 0.2) is 119 Å². The predicted octanol–water partition coefficient (Wildman–Crippen LogP) is 10.9. The fourth-order valence-electron chi connectivity index (χ4n) is 7.06. The quantitative estimate of drug-likeness (QED) is 0.205. The summed E-state index contributed by atoms with van der Waals surface area (Å²) in [7, 11) is 0. The normalized spacial score (nSPS) is 28.2. The first kappa shape index (κ1) is 27.2. The van der Waals surface area contributed by atoms with Gasteiger partial charge < -0.3 is 0 Å². The molecule has 1 fully saturated rings. The summed E-state index contributed by atoms with van der Waals surface area (Å²) in [5.74, 6) is -15.7. The predicted molar refractivity (Wildman–Crippen MR) is 165 cm³/mol. The Labute approximate surface area is 252 Å². The van der Waals surface area contributed by atoms with Gasteiger partial charge in [-0.05, 0) is 69.8 Å². The van der Waals surface area contributed by atoms with E-state index >= 15 is 26.3 Å². The van der Waals surface area contributed by atoms with Gasteiger partial charge in [-0.3, -0.25) is 0 Å². The molecule has 2 aliphatic carbocycles. The van der Waals surface area contributed by atoms with E-state index in [-0.39, 0.29) is 11.1 Å². The Morgan fingerprint density at radius 1 is 0.488 bits per heavy atom. The SMILES string of the molecule is C[C@@]12SC(c3cccc4ccccc34)=CC1=C1C(=C3C=C(c4cccc5ccccc45)S[C@]32C)C(F)(F)C(F)(F)C1(F)F. The topological polar surface area (TPSA) is 0 Å². The van der Waals surface area contributed by atoms with Crippen molar-refractivity contribution < 1.29 is 26.3 Å². The maximum Gasteiger partial charge on any atom is 0.380 e. The number of halogens is 6. The molecule has 0 amide bonds. The van der Waals surface area contributed by atoms with Gasteiger partial charge in [0, 0.05) is 21.0 Å². The molecule has 2 heterocycles. The highest BCUT2D eigenvalue weighted by molar-refractivity contribution is 8.14. The zero-order valence-corrected chi connectivity index (χ0v) is 24.5. The molecule has 2 atom stereocenters. The van der Waals surface area contributed by atoms with E-state index in [1.807, 2.05) is 84.9 Å². The van der Waals surface area contributed by atoms with Gasteiger partial charge in [0.05, 0.1) is 9.49 Å². The van der Waals surface area contributed by atoms with E-state index in [1.165, 1.54) is 35.7 Å². The Kier molecular flexibility index (Phi) is 5.33. The van der Waals surface area contributed by atoms with Crippen LogP contribution >= 0.6 is 23.5 Å². The molecule has 0 nitrogen and oxygen atoms in total. The Morgan fingerprint density at radius 2 is 0.860 bits per heavy atom. The molecule has 0 bridgehead atoms. The third-order valence-electron chi connectivity index (χ3n) is 9.43. The summed E-state index contributed by atoms with van der Waals surface area (Å²) in [5.41, 5.74) is -1.33. The molecule has 2 aliphatic heterocycles. The van der Waals surface area contributed by atoms with Crippen LogP contribution < -0.4 is 0 Å². The van der Waals surface area contributed by atoms with Gasteiger partial charge in [-0.1, -0.05) is 84.9 Å². The zero-order valence-electron chi connectivity index (χ0n) is 22.8. The molecule has 4 aromatic rings. The Bertz CT molecular complexity index is 1900. The lowest BCUT2D eigenvalue weighted by Crippen LogP contribution is -2.48. The summed E-state index contributed by atoms with van der Waals surface area (Å²) in [6, 6.07) is 26.4. The smallest absolute Gasteiger partial charge is 0.194 e. The van der Waals surface area contributed by atoms with Gasteiger partial charge in [-0.2, -0.15) is 26.3 Å². The zero-order chi connectivity index (χ0) is 30.2. The fraction of sp³-hybridized carbons (Fsp3) is 0.200. The Hall–Kier alpha value is -3.36. The van der Waals surface area contributed by atoms with Crippen molar-refractivity contribution in [1.82, 2.24) is 0 Å². The molecule has 0 aromatic heterocycles. The van der Waals surface area contributed by atoms with Crippen molar-refractivity contribution in [3.05, 3.63) is 131 Å². The first-order chi connectivity index (χ1) is 20.3. The Balaban J connectivity index is 1.42. The monoisotopic (exact) mass is 620 g/mol. The second-order valence-corrected chi connectivity index (χ2v) is 14.6. The minimum Gasteiger partial charge on any atom is -0.194 e. The van der Waals surface area contributed by atoms with Crippen molar-refractivity contribution in [2.45, 2.75) is 41.1 Å². The van der Waals surface area contributed by atoms with Gasteiger partial charge >= 0.3 is 17.8 Å². The maximum atomic E-state index is 15.8. The van der Waals surface area contributed by atoms with E-state index in [0.717, 1.165) is 32.7 Å². The highest BCUT2D eigenvalue weighted by Gasteiger charge is 2.84. The van der Waals surface area contributed by atoms with Crippen molar-refractivity contribution in [1.29, 1.82) is 0 Å². The molecule has 0 spiro atoms. The van der Waals surface area contributed by atoms with Gasteiger partial charge in [0.2, 0.25) is 0 Å². The minimum atomic E-state index is -5.59. The molecule has 8 rings (SSSR count). The lowest BCUT2D eigenvalue weighted by molar-refractivity contribution is -0.258. The number of benzene rings is 4. The minimum absolute atomic E-state index is 0.163. The van der Waals surface area contributed by atoms with E-state index in [1.54, 1.807) is 13.8 Å². The molecule has 4 aliphatic rings. The molecule has 0 N–H and O–H groups in total. The van der Waals surface area contributed by atoms with Crippen molar-refractivity contribution in [3.63, 3.8) is 0 Å². The van der Waals surface area contributed by atoms with Crippen LogP contribution in [0.4, 0.5) is 26.3 Å². The number of alkyl halides is 6. The van der Waals surface area contributed by atoms with Crippen molar-refractivity contribution in [2.24, 2.45) is 0 Å². The second-order valence-electron chi connectivity index (χ2n) is 11.6. The van der Waals surface area contributed by atoms with Gasteiger partial charge in [-0.25, -0.2) is 0 Å². The molecule has 8 heteroatoms. The van der Waals surface area contributed by atoms with E-state index in [9.17, 15) is 0 Å². The van der Waals surface area contributed by atoms with Crippen LogP contribution in [0.3, 0.4) is 0 Å². The van der Waals surface area contributed by atoms with Gasteiger partial charge in [0.15, 0.2) is 0 Å². The third-order valence-corrected chi connectivity index (χ3v) is 12.8. The number of rotatable bonds is 2. The van der Waals surface area contributed by atoms with Crippen molar-refractivity contribution >= 4 is 54.9 Å². The number of thioether (sulfide) groups is 2. The molecular weight excluding hydrogens is 599 g/mol. The van der Waals surface area contributed by atoms with E-state index in [2.05, 4.69) is 0 Å². The summed E-state index contributed by atoms with van der Waals surface area (Å²) in [4.78, 5) is 1.16. The summed E-state index contributed by atoms with van der Waals surface area (Å²) in [6.45, 7) is 3.45. The highest BCUT2D eigenvalue weighted by atomic mass is 32.2. The molecule has 43 heavy (non-hydrogen) atoms. The highest BCUT2D eigenvalue weighted by Crippen LogP contribution is 2.75. The first-order valence-corrected chi connectivity index (χ1v) is 15.4. The molecule has 0 unspecified atom stereocenters. The lowest BCUT2D eigenvalue weighted by atomic mass is 9.71. The van der Waals surface area contributed by atoms with Gasteiger partial charge in [0.1, 0.15) is 0 Å². The number of allylic oxidation sites excluding steroid dienone is 4. The van der Waals surface area contributed by atoms with Crippen LogP contribution in [0.1, 0.15) is 25.0 Å².